The number of fused-ring (bicyclic) bond motifs is 1. The van der Waals surface area contributed by atoms with Crippen molar-refractivity contribution >= 4 is 34.3 Å². The van der Waals surface area contributed by atoms with Gasteiger partial charge in [0.05, 0.1) is 12.9 Å². The molecule has 29 heavy (non-hydrogen) atoms. The Morgan fingerprint density at radius 3 is 2.86 bits per heavy atom. The van der Waals surface area contributed by atoms with Gasteiger partial charge >= 0.3 is 5.69 Å². The first-order valence-corrected chi connectivity index (χ1v) is 10.9. The molecule has 0 fully saturated rings. The number of imidazole rings is 1. The topological polar surface area (TPSA) is 105 Å². The van der Waals surface area contributed by atoms with Crippen molar-refractivity contribution in [2.24, 2.45) is 14.1 Å². The number of thiophene rings is 1. The van der Waals surface area contributed by atoms with Crippen molar-refractivity contribution in [3.63, 3.8) is 0 Å². The van der Waals surface area contributed by atoms with E-state index in [2.05, 4.69) is 32.0 Å². The summed E-state index contributed by atoms with van der Waals surface area (Å²) in [6.45, 7) is 1.05. The Kier molecular flexibility index (Phi) is 5.62. The summed E-state index contributed by atoms with van der Waals surface area (Å²) in [5.74, 6) is 0.693. The average Bonchev–Trinajstić information content (AvgIpc) is 3.45. The average molecular weight is 433 g/mol. The molecule has 4 aromatic rings. The standard InChI is InChI=1S/C17H20N8O2S2/c1-22-11-18-14-13(22)15(26)24(17(27)23(14)2)7-4-10-29-16-19-20-21-25(16)8-6-12-5-3-9-28-12/h3,5,9,11H,4,6-8,10H2,1-2H3. The third-order valence-electron chi connectivity index (χ3n) is 4.61. The molecule has 0 saturated heterocycles. The van der Waals surface area contributed by atoms with E-state index in [1.807, 2.05) is 6.07 Å². The Morgan fingerprint density at radius 2 is 2.07 bits per heavy atom. The molecule has 0 aromatic carbocycles. The minimum absolute atomic E-state index is 0.311. The molecule has 0 atom stereocenters. The van der Waals surface area contributed by atoms with Crippen LogP contribution in [0.15, 0.2) is 38.6 Å². The predicted octanol–water partition coefficient (Wildman–Crippen LogP) is 0.907. The first-order valence-electron chi connectivity index (χ1n) is 9.08. The second kappa shape index (κ2) is 8.33. The van der Waals surface area contributed by atoms with E-state index in [1.165, 1.54) is 25.8 Å². The molecule has 0 unspecified atom stereocenters. The first-order chi connectivity index (χ1) is 14.1. The molecule has 0 saturated carbocycles. The molecule has 0 aliphatic carbocycles. The Hall–Kier alpha value is -2.73. The van der Waals surface area contributed by atoms with Crippen LogP contribution in [0.25, 0.3) is 11.2 Å². The molecule has 152 valence electrons. The second-order valence-corrected chi connectivity index (χ2v) is 8.64. The van der Waals surface area contributed by atoms with Crippen molar-refractivity contribution in [2.75, 3.05) is 5.75 Å². The number of tetrazole rings is 1. The zero-order valence-corrected chi connectivity index (χ0v) is 17.7. The number of aryl methyl sites for hydroxylation is 4. The van der Waals surface area contributed by atoms with E-state index in [-0.39, 0.29) is 11.2 Å². The summed E-state index contributed by atoms with van der Waals surface area (Å²) >= 11 is 3.24. The first kappa shape index (κ1) is 19.6. The Bertz CT molecular complexity index is 1230. The lowest BCUT2D eigenvalue weighted by Gasteiger charge is -2.08. The van der Waals surface area contributed by atoms with Crippen LogP contribution in [0.1, 0.15) is 11.3 Å². The van der Waals surface area contributed by atoms with Gasteiger partial charge in [0.15, 0.2) is 11.2 Å². The van der Waals surface area contributed by atoms with Gasteiger partial charge in [0, 0.05) is 37.7 Å². The Labute approximate surface area is 173 Å². The largest absolute Gasteiger partial charge is 0.332 e. The molecule has 0 aliphatic rings. The maximum atomic E-state index is 12.7. The summed E-state index contributed by atoms with van der Waals surface area (Å²) in [6.07, 6.45) is 3.06. The lowest BCUT2D eigenvalue weighted by Crippen LogP contribution is -2.39. The minimum Gasteiger partial charge on any atom is -0.328 e. The number of hydrogen-bond acceptors (Lipinski definition) is 8. The lowest BCUT2D eigenvalue weighted by atomic mass is 10.3. The summed E-state index contributed by atoms with van der Waals surface area (Å²) in [5.41, 5.74) is 0.163. The van der Waals surface area contributed by atoms with Crippen LogP contribution < -0.4 is 11.2 Å². The van der Waals surface area contributed by atoms with Crippen LogP contribution in [0, 0.1) is 0 Å². The van der Waals surface area contributed by atoms with Gasteiger partial charge in [0.2, 0.25) is 5.16 Å². The van der Waals surface area contributed by atoms with Gasteiger partial charge in [0.1, 0.15) is 0 Å². The maximum absolute atomic E-state index is 12.7. The van der Waals surface area contributed by atoms with Crippen molar-refractivity contribution in [3.8, 4) is 0 Å². The highest BCUT2D eigenvalue weighted by molar-refractivity contribution is 7.99. The minimum atomic E-state index is -0.355. The zero-order valence-electron chi connectivity index (χ0n) is 16.1. The van der Waals surface area contributed by atoms with Crippen LogP contribution in [0.5, 0.6) is 0 Å². The summed E-state index contributed by atoms with van der Waals surface area (Å²) in [7, 11) is 3.38. The van der Waals surface area contributed by atoms with Crippen LogP contribution in [0.2, 0.25) is 0 Å². The summed E-state index contributed by atoms with van der Waals surface area (Å²) in [5, 5.41) is 14.7. The van der Waals surface area contributed by atoms with Crippen LogP contribution in [-0.4, -0.2) is 44.6 Å². The van der Waals surface area contributed by atoms with Gasteiger partial charge in [-0.25, -0.2) is 14.5 Å². The van der Waals surface area contributed by atoms with Crippen molar-refractivity contribution < 1.29 is 0 Å². The number of nitrogens with zero attached hydrogens (tertiary/aromatic N) is 8. The molecule has 12 heteroatoms. The van der Waals surface area contributed by atoms with Crippen molar-refractivity contribution in [2.45, 2.75) is 31.1 Å². The van der Waals surface area contributed by atoms with Crippen molar-refractivity contribution in [1.29, 1.82) is 0 Å². The van der Waals surface area contributed by atoms with Gasteiger partial charge in [-0.15, -0.1) is 16.4 Å². The van der Waals surface area contributed by atoms with E-state index in [0.29, 0.717) is 36.4 Å². The molecule has 0 N–H and O–H groups in total. The molecular formula is C17H20N8O2S2. The highest BCUT2D eigenvalue weighted by Crippen LogP contribution is 2.16. The van der Waals surface area contributed by atoms with Gasteiger partial charge < -0.3 is 4.57 Å². The fraction of sp³-hybridized carbons (Fsp3) is 0.412. The molecule has 10 nitrogen and oxygen atoms in total. The quantitative estimate of drug-likeness (QED) is 0.301. The predicted molar refractivity (Wildman–Crippen MR) is 111 cm³/mol. The van der Waals surface area contributed by atoms with E-state index < -0.39 is 0 Å². The molecule has 0 spiro atoms. The van der Waals surface area contributed by atoms with E-state index in [9.17, 15) is 9.59 Å². The fourth-order valence-corrected chi connectivity index (χ4v) is 4.62. The normalized spacial score (nSPS) is 11.5. The smallest absolute Gasteiger partial charge is 0.328 e. The highest BCUT2D eigenvalue weighted by atomic mass is 32.2. The van der Waals surface area contributed by atoms with Gasteiger partial charge in [-0.2, -0.15) is 0 Å². The number of rotatable bonds is 8. The summed E-state index contributed by atoms with van der Waals surface area (Å²) in [4.78, 5) is 30.7. The summed E-state index contributed by atoms with van der Waals surface area (Å²) in [6, 6.07) is 4.13. The third-order valence-corrected chi connectivity index (χ3v) is 6.59. The molecule has 0 amide bonds. The van der Waals surface area contributed by atoms with Gasteiger partial charge in [-0.3, -0.25) is 13.9 Å². The van der Waals surface area contributed by atoms with Crippen LogP contribution in [0.3, 0.4) is 0 Å². The Balaban J connectivity index is 1.39. The van der Waals surface area contributed by atoms with E-state index in [0.717, 1.165) is 11.6 Å². The number of hydrogen-bond donors (Lipinski definition) is 0. The fourth-order valence-electron chi connectivity index (χ4n) is 3.09. The van der Waals surface area contributed by atoms with Gasteiger partial charge in [-0.1, -0.05) is 17.8 Å². The van der Waals surface area contributed by atoms with E-state index in [4.69, 9.17) is 0 Å². The molecule has 0 bridgehead atoms. The molecule has 4 aromatic heterocycles. The molecule has 0 aliphatic heterocycles. The van der Waals surface area contributed by atoms with Gasteiger partial charge in [-0.05, 0) is 28.3 Å². The molecule has 0 radical (unpaired) electrons. The summed E-state index contributed by atoms with van der Waals surface area (Å²) < 4.78 is 6.11. The van der Waals surface area contributed by atoms with E-state index >= 15 is 0 Å². The van der Waals surface area contributed by atoms with E-state index in [1.54, 1.807) is 41.0 Å². The van der Waals surface area contributed by atoms with Crippen molar-refractivity contribution in [1.82, 2.24) is 38.9 Å². The number of thioether (sulfide) groups is 1. The van der Waals surface area contributed by atoms with Crippen LogP contribution >= 0.6 is 23.1 Å². The molecule has 4 rings (SSSR count). The monoisotopic (exact) mass is 432 g/mol. The van der Waals surface area contributed by atoms with Gasteiger partial charge in [0.25, 0.3) is 5.56 Å². The highest BCUT2D eigenvalue weighted by Gasteiger charge is 2.15. The molecular weight excluding hydrogens is 412 g/mol. The second-order valence-electron chi connectivity index (χ2n) is 6.54. The zero-order chi connectivity index (χ0) is 20.4. The van der Waals surface area contributed by atoms with Crippen molar-refractivity contribution in [3.05, 3.63) is 49.6 Å². The Morgan fingerprint density at radius 1 is 1.21 bits per heavy atom. The van der Waals surface area contributed by atoms with Crippen LogP contribution in [-0.2, 0) is 33.6 Å². The molecule has 4 heterocycles. The van der Waals surface area contributed by atoms with Crippen LogP contribution in [0.4, 0.5) is 0 Å². The lowest BCUT2D eigenvalue weighted by molar-refractivity contribution is 0.550. The third kappa shape index (κ3) is 3.90. The SMILES string of the molecule is Cn1cnc2c1c(=O)n(CCCSc1nnnn1CCc1cccs1)c(=O)n2C. The number of aromatic nitrogens is 8. The maximum Gasteiger partial charge on any atom is 0.332 e.